The predicted molar refractivity (Wildman–Crippen MR) is 68.5 cm³/mol. The molecule has 0 aliphatic rings. The second-order valence-corrected chi connectivity index (χ2v) is 4.41. The molecule has 0 amide bonds. The molecule has 82 valence electrons. The lowest BCUT2D eigenvalue weighted by atomic mass is 10.0. The van der Waals surface area contributed by atoms with Gasteiger partial charge in [-0.3, -0.25) is 0 Å². The Morgan fingerprint density at radius 1 is 1.40 bits per heavy atom. The largest absolute Gasteiger partial charge is 0.385 e. The van der Waals surface area contributed by atoms with Crippen LogP contribution in [0.3, 0.4) is 0 Å². The molecule has 1 aromatic rings. The lowest BCUT2D eigenvalue weighted by molar-refractivity contribution is 0.866. The molecule has 0 aromatic heterocycles. The van der Waals surface area contributed by atoms with E-state index in [9.17, 15) is 0 Å². The van der Waals surface area contributed by atoms with E-state index in [1.807, 2.05) is 0 Å². The van der Waals surface area contributed by atoms with Crippen LogP contribution in [0.15, 0.2) is 36.4 Å². The number of rotatable bonds is 5. The van der Waals surface area contributed by atoms with Gasteiger partial charge in [0.05, 0.1) is 0 Å². The van der Waals surface area contributed by atoms with E-state index in [-0.39, 0.29) is 0 Å². The Morgan fingerprint density at radius 3 is 2.73 bits per heavy atom. The van der Waals surface area contributed by atoms with Crippen molar-refractivity contribution >= 4 is 5.69 Å². The molecule has 1 rings (SSSR count). The monoisotopic (exact) mass is 203 g/mol. The van der Waals surface area contributed by atoms with Crippen molar-refractivity contribution in [2.45, 2.75) is 33.1 Å². The van der Waals surface area contributed by atoms with Gasteiger partial charge in [-0.1, -0.05) is 31.6 Å². The zero-order valence-electron chi connectivity index (χ0n) is 10.0. The number of hydrogen-bond acceptors (Lipinski definition) is 1. The highest BCUT2D eigenvalue weighted by atomic mass is 14.9. The highest BCUT2D eigenvalue weighted by Gasteiger charge is 1.99. The second-order valence-electron chi connectivity index (χ2n) is 4.41. The third-order valence-corrected chi connectivity index (χ3v) is 2.43. The molecular weight excluding hydrogens is 182 g/mol. The molecule has 0 saturated heterocycles. The highest BCUT2D eigenvalue weighted by molar-refractivity contribution is 5.46. The van der Waals surface area contributed by atoms with Crippen LogP contribution in [0.5, 0.6) is 0 Å². The molecule has 0 saturated carbocycles. The first-order chi connectivity index (χ1) is 7.09. The first-order valence-corrected chi connectivity index (χ1v) is 5.58. The van der Waals surface area contributed by atoms with E-state index in [0.717, 1.165) is 13.0 Å². The minimum Gasteiger partial charge on any atom is -0.385 e. The van der Waals surface area contributed by atoms with Crippen molar-refractivity contribution in [1.82, 2.24) is 0 Å². The molecule has 0 unspecified atom stereocenters. The summed E-state index contributed by atoms with van der Waals surface area (Å²) in [7, 11) is 0. The summed E-state index contributed by atoms with van der Waals surface area (Å²) < 4.78 is 0. The lowest BCUT2D eigenvalue weighted by Gasteiger charge is -2.10. The Labute approximate surface area is 93.2 Å². The Bertz CT molecular complexity index is 326. The van der Waals surface area contributed by atoms with Gasteiger partial charge in [-0.25, -0.2) is 0 Å². The van der Waals surface area contributed by atoms with Crippen LogP contribution in [0.1, 0.15) is 38.7 Å². The maximum absolute atomic E-state index is 3.89. The van der Waals surface area contributed by atoms with E-state index in [0.29, 0.717) is 5.92 Å². The van der Waals surface area contributed by atoms with Gasteiger partial charge in [-0.2, -0.15) is 0 Å². The smallest absolute Gasteiger partial charge is 0.0343 e. The van der Waals surface area contributed by atoms with Gasteiger partial charge in [0.15, 0.2) is 0 Å². The Balaban J connectivity index is 2.54. The topological polar surface area (TPSA) is 12.0 Å². The van der Waals surface area contributed by atoms with Crippen molar-refractivity contribution in [3.8, 4) is 0 Å². The minimum absolute atomic E-state index is 0.591. The van der Waals surface area contributed by atoms with Crippen LogP contribution in [-0.2, 0) is 0 Å². The number of hydrogen-bond donors (Lipinski definition) is 1. The van der Waals surface area contributed by atoms with Crippen molar-refractivity contribution in [3.63, 3.8) is 0 Å². The molecule has 0 bridgehead atoms. The van der Waals surface area contributed by atoms with Gasteiger partial charge >= 0.3 is 0 Å². The molecule has 1 aromatic carbocycles. The summed E-state index contributed by atoms with van der Waals surface area (Å²) in [6.45, 7) is 11.4. The quantitative estimate of drug-likeness (QED) is 0.708. The van der Waals surface area contributed by atoms with Crippen molar-refractivity contribution < 1.29 is 0 Å². The summed E-state index contributed by atoms with van der Waals surface area (Å²) >= 11 is 0. The average molecular weight is 203 g/mol. The Hall–Kier alpha value is -1.24. The van der Waals surface area contributed by atoms with Gasteiger partial charge in [-0.05, 0) is 37.0 Å². The van der Waals surface area contributed by atoms with Crippen LogP contribution in [-0.4, -0.2) is 6.54 Å². The van der Waals surface area contributed by atoms with E-state index in [1.54, 1.807) is 0 Å². The van der Waals surface area contributed by atoms with Gasteiger partial charge in [-0.15, -0.1) is 6.58 Å². The minimum atomic E-state index is 0.591. The van der Waals surface area contributed by atoms with E-state index < -0.39 is 0 Å². The van der Waals surface area contributed by atoms with E-state index >= 15 is 0 Å². The lowest BCUT2D eigenvalue weighted by Crippen LogP contribution is -2.02. The van der Waals surface area contributed by atoms with Gasteiger partial charge in [0.2, 0.25) is 0 Å². The fourth-order valence-electron chi connectivity index (χ4n) is 1.43. The van der Waals surface area contributed by atoms with Gasteiger partial charge in [0.1, 0.15) is 0 Å². The molecule has 15 heavy (non-hydrogen) atoms. The summed E-state index contributed by atoms with van der Waals surface area (Å²) in [5.74, 6) is 0.591. The summed E-state index contributed by atoms with van der Waals surface area (Å²) in [6.07, 6.45) is 1.03. The first-order valence-electron chi connectivity index (χ1n) is 5.58. The maximum Gasteiger partial charge on any atom is 0.0343 e. The molecule has 0 fully saturated rings. The number of benzene rings is 1. The van der Waals surface area contributed by atoms with Crippen molar-refractivity contribution in [3.05, 3.63) is 42.0 Å². The molecule has 0 atom stereocenters. The van der Waals surface area contributed by atoms with Crippen molar-refractivity contribution in [2.75, 3.05) is 11.9 Å². The van der Waals surface area contributed by atoms with E-state index in [4.69, 9.17) is 0 Å². The van der Waals surface area contributed by atoms with Gasteiger partial charge in [0, 0.05) is 12.2 Å². The molecule has 1 N–H and O–H groups in total. The van der Waals surface area contributed by atoms with Crippen LogP contribution < -0.4 is 5.32 Å². The normalized spacial score (nSPS) is 10.4. The van der Waals surface area contributed by atoms with E-state index in [2.05, 4.69) is 56.9 Å². The standard InChI is InChI=1S/C14H21N/c1-11(2)8-9-15-14-7-5-6-13(10-14)12(3)4/h5-7,10,12,15H,1,8-9H2,2-4H3. The van der Waals surface area contributed by atoms with Crippen LogP contribution >= 0.6 is 0 Å². The molecular formula is C14H21N. The maximum atomic E-state index is 3.89. The fourth-order valence-corrected chi connectivity index (χ4v) is 1.43. The van der Waals surface area contributed by atoms with E-state index in [1.165, 1.54) is 16.8 Å². The first kappa shape index (κ1) is 11.8. The number of anilines is 1. The molecule has 0 aliphatic carbocycles. The summed E-state index contributed by atoms with van der Waals surface area (Å²) in [5, 5.41) is 3.41. The van der Waals surface area contributed by atoms with Crippen LogP contribution in [0.2, 0.25) is 0 Å². The van der Waals surface area contributed by atoms with Crippen LogP contribution in [0, 0.1) is 0 Å². The van der Waals surface area contributed by atoms with Crippen LogP contribution in [0.4, 0.5) is 5.69 Å². The highest BCUT2D eigenvalue weighted by Crippen LogP contribution is 2.18. The van der Waals surface area contributed by atoms with Crippen molar-refractivity contribution in [2.24, 2.45) is 0 Å². The summed E-state index contributed by atoms with van der Waals surface area (Å²) in [5.41, 5.74) is 3.82. The molecule has 1 heteroatoms. The van der Waals surface area contributed by atoms with Crippen LogP contribution in [0.25, 0.3) is 0 Å². The zero-order chi connectivity index (χ0) is 11.3. The predicted octanol–water partition coefficient (Wildman–Crippen LogP) is 4.19. The van der Waals surface area contributed by atoms with Gasteiger partial charge < -0.3 is 5.32 Å². The molecule has 0 aliphatic heterocycles. The Morgan fingerprint density at radius 2 is 2.13 bits per heavy atom. The summed E-state index contributed by atoms with van der Waals surface area (Å²) in [4.78, 5) is 0. The van der Waals surface area contributed by atoms with Crippen molar-refractivity contribution in [1.29, 1.82) is 0 Å². The molecule has 0 spiro atoms. The van der Waals surface area contributed by atoms with Gasteiger partial charge in [0.25, 0.3) is 0 Å². The summed E-state index contributed by atoms with van der Waals surface area (Å²) in [6, 6.07) is 8.63. The SMILES string of the molecule is C=C(C)CCNc1cccc(C(C)C)c1. The third kappa shape index (κ3) is 4.20. The second kappa shape index (κ2) is 5.59. The fraction of sp³-hybridized carbons (Fsp3) is 0.429. The average Bonchev–Trinajstić information content (AvgIpc) is 2.17. The zero-order valence-corrected chi connectivity index (χ0v) is 10.0. The molecule has 1 nitrogen and oxygen atoms in total. The number of nitrogens with one attached hydrogen (secondary N) is 1. The third-order valence-electron chi connectivity index (χ3n) is 2.43. The Kier molecular flexibility index (Phi) is 4.41. The molecule has 0 heterocycles. The molecule has 0 radical (unpaired) electrons.